The van der Waals surface area contributed by atoms with Crippen LogP contribution in [0.2, 0.25) is 0 Å². The highest BCUT2D eigenvalue weighted by atomic mass is 32.2. The Kier molecular flexibility index (Phi) is 5.45. The summed E-state index contributed by atoms with van der Waals surface area (Å²) < 4.78 is 26.4. The van der Waals surface area contributed by atoms with Gasteiger partial charge in [0.05, 0.1) is 5.75 Å². The summed E-state index contributed by atoms with van der Waals surface area (Å²) in [5, 5.41) is 0. The van der Waals surface area contributed by atoms with Crippen LogP contribution in [0.4, 0.5) is 8.78 Å². The molecule has 0 atom stereocenters. The molecule has 1 aromatic carbocycles. The second-order valence-corrected chi connectivity index (χ2v) is 6.85. The van der Waals surface area contributed by atoms with Crippen LogP contribution >= 0.6 is 11.8 Å². The molecule has 0 N–H and O–H groups in total. The quantitative estimate of drug-likeness (QED) is 0.787. The Labute approximate surface area is 144 Å². The lowest BCUT2D eigenvalue weighted by atomic mass is 9.89. The van der Waals surface area contributed by atoms with Gasteiger partial charge in [-0.05, 0) is 48.6 Å². The predicted molar refractivity (Wildman–Crippen MR) is 89.9 cm³/mol. The van der Waals surface area contributed by atoms with Crippen LogP contribution in [0, 0.1) is 11.6 Å². The zero-order chi connectivity index (χ0) is 16.9. The van der Waals surface area contributed by atoms with Crippen LogP contribution in [0.5, 0.6) is 0 Å². The van der Waals surface area contributed by atoms with Crippen molar-refractivity contribution >= 4 is 17.7 Å². The highest BCUT2D eigenvalue weighted by molar-refractivity contribution is 8.00. The van der Waals surface area contributed by atoms with Crippen molar-refractivity contribution in [1.29, 1.82) is 0 Å². The maximum atomic E-state index is 13.4. The molecule has 3 rings (SSSR count). The third-order valence-corrected chi connectivity index (χ3v) is 5.27. The number of carbonyl (C=O) groups excluding carboxylic acids is 1. The Morgan fingerprint density at radius 3 is 2.50 bits per heavy atom. The molecule has 3 nitrogen and oxygen atoms in total. The van der Waals surface area contributed by atoms with E-state index in [1.807, 2.05) is 17.0 Å². The summed E-state index contributed by atoms with van der Waals surface area (Å²) in [6.07, 6.45) is 4.97. The zero-order valence-electron chi connectivity index (χ0n) is 13.1. The van der Waals surface area contributed by atoms with Gasteiger partial charge < -0.3 is 4.90 Å². The van der Waals surface area contributed by atoms with Crippen LogP contribution in [0.25, 0.3) is 0 Å². The first-order valence-corrected chi connectivity index (χ1v) is 8.87. The highest BCUT2D eigenvalue weighted by Crippen LogP contribution is 2.29. The van der Waals surface area contributed by atoms with Crippen LogP contribution in [0.3, 0.4) is 0 Å². The lowest BCUT2D eigenvalue weighted by Crippen LogP contribution is -2.38. The van der Waals surface area contributed by atoms with Crippen LogP contribution < -0.4 is 0 Å². The minimum atomic E-state index is -0.820. The zero-order valence-corrected chi connectivity index (χ0v) is 13.9. The van der Waals surface area contributed by atoms with Gasteiger partial charge in [0.25, 0.3) is 0 Å². The Hall–Kier alpha value is -1.95. The number of aromatic nitrogens is 1. The van der Waals surface area contributed by atoms with Gasteiger partial charge in [-0.25, -0.2) is 8.78 Å². The van der Waals surface area contributed by atoms with Gasteiger partial charge in [0, 0.05) is 30.4 Å². The molecule has 0 aliphatic carbocycles. The Morgan fingerprint density at radius 2 is 1.83 bits per heavy atom. The normalized spacial score (nSPS) is 15.5. The van der Waals surface area contributed by atoms with E-state index in [-0.39, 0.29) is 11.8 Å². The molecule has 0 saturated carbocycles. The van der Waals surface area contributed by atoms with E-state index < -0.39 is 11.6 Å². The van der Waals surface area contributed by atoms with E-state index in [0.29, 0.717) is 18.8 Å². The number of amides is 1. The highest BCUT2D eigenvalue weighted by Gasteiger charge is 2.24. The van der Waals surface area contributed by atoms with Gasteiger partial charge in [-0.3, -0.25) is 9.78 Å². The number of likely N-dealkylation sites (tertiary alicyclic amines) is 1. The molecule has 1 amide bonds. The SMILES string of the molecule is O=C(CSc1ccncc1)N1CCC(c2ccc(F)c(F)c2)CC1. The Bertz CT molecular complexity index is 703. The van der Waals surface area contributed by atoms with Gasteiger partial charge in [0.2, 0.25) is 5.91 Å². The Morgan fingerprint density at radius 1 is 1.12 bits per heavy atom. The van der Waals surface area contributed by atoms with E-state index >= 15 is 0 Å². The second kappa shape index (κ2) is 7.75. The smallest absolute Gasteiger partial charge is 0.232 e. The van der Waals surface area contributed by atoms with E-state index in [1.165, 1.54) is 23.9 Å². The molecule has 126 valence electrons. The van der Waals surface area contributed by atoms with Gasteiger partial charge >= 0.3 is 0 Å². The summed E-state index contributed by atoms with van der Waals surface area (Å²) in [7, 11) is 0. The topological polar surface area (TPSA) is 33.2 Å². The molecule has 6 heteroatoms. The molecule has 0 spiro atoms. The average Bonchev–Trinajstić information content (AvgIpc) is 2.63. The molecule has 24 heavy (non-hydrogen) atoms. The number of carbonyl (C=O) groups is 1. The molecule has 1 aromatic heterocycles. The van der Waals surface area contributed by atoms with Crippen LogP contribution in [-0.4, -0.2) is 34.6 Å². The molecular formula is C18H18F2N2OS. The van der Waals surface area contributed by atoms with Gasteiger partial charge in [-0.15, -0.1) is 11.8 Å². The molecule has 2 heterocycles. The minimum absolute atomic E-state index is 0.112. The van der Waals surface area contributed by atoms with E-state index in [0.717, 1.165) is 23.3 Å². The molecule has 1 aliphatic rings. The van der Waals surface area contributed by atoms with Crippen molar-refractivity contribution in [1.82, 2.24) is 9.88 Å². The number of thioether (sulfide) groups is 1. The number of pyridine rings is 1. The first-order chi connectivity index (χ1) is 11.6. The van der Waals surface area contributed by atoms with Crippen molar-refractivity contribution in [2.24, 2.45) is 0 Å². The van der Waals surface area contributed by atoms with Crippen molar-refractivity contribution in [2.75, 3.05) is 18.8 Å². The number of piperidine rings is 1. The molecule has 2 aromatic rings. The third-order valence-electron chi connectivity index (χ3n) is 4.27. The van der Waals surface area contributed by atoms with Gasteiger partial charge in [-0.2, -0.15) is 0 Å². The van der Waals surface area contributed by atoms with Crippen molar-refractivity contribution in [3.05, 3.63) is 59.9 Å². The summed E-state index contributed by atoms with van der Waals surface area (Å²) in [4.78, 5) is 19.1. The lowest BCUT2D eigenvalue weighted by molar-refractivity contribution is -0.129. The summed E-state index contributed by atoms with van der Waals surface area (Å²) in [5.74, 6) is -0.934. The average molecular weight is 348 g/mol. The molecule has 0 unspecified atom stereocenters. The fourth-order valence-corrected chi connectivity index (χ4v) is 3.69. The van der Waals surface area contributed by atoms with Crippen LogP contribution in [-0.2, 0) is 4.79 Å². The molecule has 1 fully saturated rings. The van der Waals surface area contributed by atoms with Crippen molar-refractivity contribution in [2.45, 2.75) is 23.7 Å². The largest absolute Gasteiger partial charge is 0.342 e. The predicted octanol–water partition coefficient (Wildman–Crippen LogP) is 3.86. The number of rotatable bonds is 4. The van der Waals surface area contributed by atoms with Crippen molar-refractivity contribution < 1.29 is 13.6 Å². The summed E-state index contributed by atoms with van der Waals surface area (Å²) in [6.45, 7) is 1.30. The second-order valence-electron chi connectivity index (χ2n) is 5.80. The maximum Gasteiger partial charge on any atom is 0.232 e. The number of nitrogens with zero attached hydrogens (tertiary/aromatic N) is 2. The fraction of sp³-hybridized carbons (Fsp3) is 0.333. The van der Waals surface area contributed by atoms with Gasteiger partial charge in [0.1, 0.15) is 0 Å². The van der Waals surface area contributed by atoms with Crippen molar-refractivity contribution in [3.63, 3.8) is 0 Å². The van der Waals surface area contributed by atoms with E-state index in [2.05, 4.69) is 4.98 Å². The summed E-state index contributed by atoms with van der Waals surface area (Å²) in [6, 6.07) is 7.85. The monoisotopic (exact) mass is 348 g/mol. The number of hydrogen-bond acceptors (Lipinski definition) is 3. The number of benzene rings is 1. The molecule has 0 bridgehead atoms. The molecule has 1 aliphatic heterocycles. The molecule has 0 radical (unpaired) electrons. The summed E-state index contributed by atoms with van der Waals surface area (Å²) >= 11 is 1.50. The molecule has 1 saturated heterocycles. The third kappa shape index (κ3) is 4.12. The number of halogens is 2. The van der Waals surface area contributed by atoms with E-state index in [9.17, 15) is 13.6 Å². The standard InChI is InChI=1S/C18H18F2N2OS/c19-16-2-1-14(11-17(16)20)13-5-9-22(10-6-13)18(23)12-24-15-3-7-21-8-4-15/h1-4,7-8,11,13H,5-6,9-10,12H2. The molecular weight excluding hydrogens is 330 g/mol. The lowest BCUT2D eigenvalue weighted by Gasteiger charge is -2.32. The Balaban J connectivity index is 1.51. The van der Waals surface area contributed by atoms with Crippen molar-refractivity contribution in [3.8, 4) is 0 Å². The van der Waals surface area contributed by atoms with Crippen LogP contribution in [0.15, 0.2) is 47.6 Å². The van der Waals surface area contributed by atoms with Gasteiger partial charge in [-0.1, -0.05) is 6.07 Å². The van der Waals surface area contributed by atoms with Crippen LogP contribution in [0.1, 0.15) is 24.3 Å². The summed E-state index contributed by atoms with van der Waals surface area (Å²) in [5.41, 5.74) is 0.812. The first-order valence-electron chi connectivity index (χ1n) is 7.89. The first kappa shape index (κ1) is 16.9. The minimum Gasteiger partial charge on any atom is -0.342 e. The van der Waals surface area contributed by atoms with E-state index in [4.69, 9.17) is 0 Å². The fourth-order valence-electron chi connectivity index (χ4n) is 2.90. The van der Waals surface area contributed by atoms with Gasteiger partial charge in [0.15, 0.2) is 11.6 Å². The maximum absolute atomic E-state index is 13.4. The number of hydrogen-bond donors (Lipinski definition) is 0. The van der Waals surface area contributed by atoms with E-state index in [1.54, 1.807) is 18.5 Å².